The molecule has 0 aliphatic rings. The van der Waals surface area contributed by atoms with E-state index in [1.165, 1.54) is 33.0 Å². The minimum absolute atomic E-state index is 0.903. The van der Waals surface area contributed by atoms with Gasteiger partial charge in [-0.3, -0.25) is 0 Å². The predicted octanol–water partition coefficient (Wildman–Crippen LogP) is 10.8. The van der Waals surface area contributed by atoms with E-state index in [9.17, 15) is 0 Å². The molecule has 2 nitrogen and oxygen atoms in total. The van der Waals surface area contributed by atoms with Crippen LogP contribution in [0.25, 0.3) is 71.7 Å². The zero-order valence-corrected chi connectivity index (χ0v) is 22.5. The van der Waals surface area contributed by atoms with Crippen molar-refractivity contribution in [1.29, 1.82) is 0 Å². The highest BCUT2D eigenvalue weighted by Crippen LogP contribution is 2.41. The van der Waals surface area contributed by atoms with E-state index in [-0.39, 0.29) is 0 Å². The van der Waals surface area contributed by atoms with Gasteiger partial charge < -0.3 is 8.98 Å². The quantitative estimate of drug-likeness (QED) is 0.209. The van der Waals surface area contributed by atoms with Crippen LogP contribution in [0.15, 0.2) is 142 Å². The van der Waals surface area contributed by atoms with Gasteiger partial charge in [-0.15, -0.1) is 0 Å². The molecule has 0 spiro atoms. The molecule has 0 saturated carbocycles. The van der Waals surface area contributed by atoms with Crippen molar-refractivity contribution in [2.45, 2.75) is 0 Å². The van der Waals surface area contributed by atoms with E-state index in [1.54, 1.807) is 0 Å². The third kappa shape index (κ3) is 3.40. The lowest BCUT2D eigenvalue weighted by Crippen LogP contribution is -1.94. The molecule has 6 aromatic carbocycles. The van der Waals surface area contributed by atoms with Crippen molar-refractivity contribution < 1.29 is 4.42 Å². The first-order chi connectivity index (χ1) is 19.3. The summed E-state index contributed by atoms with van der Waals surface area (Å²) in [5.41, 5.74) is 9.93. The number of hydrogen-bond donors (Lipinski definition) is 0. The summed E-state index contributed by atoms with van der Waals surface area (Å²) in [7, 11) is 0. The number of rotatable bonds is 3. The minimum Gasteiger partial charge on any atom is -0.454 e. The number of hydrogen-bond acceptors (Lipinski definition) is 1. The van der Waals surface area contributed by atoms with E-state index >= 15 is 0 Å². The average molecular weight is 564 g/mol. The third-order valence-corrected chi connectivity index (χ3v) is 8.39. The van der Waals surface area contributed by atoms with Crippen molar-refractivity contribution in [1.82, 2.24) is 4.57 Å². The van der Waals surface area contributed by atoms with Crippen LogP contribution in [0.5, 0.6) is 0 Å². The second kappa shape index (κ2) is 8.72. The summed E-state index contributed by atoms with van der Waals surface area (Å²) >= 11 is 3.77. The van der Waals surface area contributed by atoms with E-state index in [0.29, 0.717) is 0 Å². The van der Waals surface area contributed by atoms with Gasteiger partial charge in [0.15, 0.2) is 5.58 Å². The Hall–Kier alpha value is -4.60. The van der Waals surface area contributed by atoms with Gasteiger partial charge in [0.2, 0.25) is 0 Å². The molecule has 0 amide bonds. The Bertz CT molecular complexity index is 2200. The Balaban J connectivity index is 1.44. The standard InChI is InChI=1S/C36H22BrNO/c37-31-16-6-3-12-26(31)25-11-2-1-10-24(25)23-20-21-28-27-13-4-7-17-32(27)38(34(28)22-23)33-18-9-15-30-29-14-5-8-19-35(29)39-36(30)33/h1-22H. The molecule has 8 rings (SSSR count). The van der Waals surface area contributed by atoms with Gasteiger partial charge in [0.25, 0.3) is 0 Å². The first kappa shape index (κ1) is 22.4. The van der Waals surface area contributed by atoms with Gasteiger partial charge in [0.05, 0.1) is 16.7 Å². The Kier molecular flexibility index (Phi) is 5.01. The third-order valence-electron chi connectivity index (χ3n) is 7.70. The zero-order chi connectivity index (χ0) is 25.9. The van der Waals surface area contributed by atoms with E-state index in [0.717, 1.165) is 43.1 Å². The normalized spacial score (nSPS) is 11.7. The van der Waals surface area contributed by atoms with Crippen LogP contribution in [0.2, 0.25) is 0 Å². The van der Waals surface area contributed by atoms with Crippen LogP contribution in [0, 0.1) is 0 Å². The topological polar surface area (TPSA) is 18.1 Å². The van der Waals surface area contributed by atoms with E-state index in [2.05, 4.69) is 142 Å². The molecule has 0 saturated heterocycles. The molecule has 3 heteroatoms. The second-order valence-corrected chi connectivity index (χ2v) is 10.7. The maximum atomic E-state index is 6.48. The van der Waals surface area contributed by atoms with Gasteiger partial charge in [-0.05, 0) is 52.6 Å². The van der Waals surface area contributed by atoms with Crippen molar-refractivity contribution in [2.24, 2.45) is 0 Å². The van der Waals surface area contributed by atoms with Gasteiger partial charge in [-0.2, -0.15) is 0 Å². The van der Waals surface area contributed by atoms with Crippen LogP contribution in [-0.4, -0.2) is 4.57 Å². The first-order valence-corrected chi connectivity index (χ1v) is 13.9. The summed E-state index contributed by atoms with van der Waals surface area (Å²) in [4.78, 5) is 0. The fourth-order valence-electron chi connectivity index (χ4n) is 5.96. The van der Waals surface area contributed by atoms with Crippen molar-refractivity contribution in [2.75, 3.05) is 0 Å². The number of aromatic nitrogens is 1. The van der Waals surface area contributed by atoms with Crippen molar-refractivity contribution >= 4 is 59.7 Å². The maximum absolute atomic E-state index is 6.48. The molecule has 8 aromatic rings. The van der Waals surface area contributed by atoms with Gasteiger partial charge in [-0.25, -0.2) is 0 Å². The molecular weight excluding hydrogens is 542 g/mol. The largest absolute Gasteiger partial charge is 0.454 e. The number of para-hydroxylation sites is 3. The highest BCUT2D eigenvalue weighted by atomic mass is 79.9. The van der Waals surface area contributed by atoms with Gasteiger partial charge in [0, 0.05) is 26.0 Å². The number of benzene rings is 6. The number of fused-ring (bicyclic) bond motifs is 6. The summed E-state index contributed by atoms with van der Waals surface area (Å²) in [5.74, 6) is 0. The number of nitrogens with zero attached hydrogens (tertiary/aromatic N) is 1. The van der Waals surface area contributed by atoms with Crippen molar-refractivity contribution in [3.63, 3.8) is 0 Å². The molecular formula is C36H22BrNO. The molecule has 2 aromatic heterocycles. The Morgan fingerprint density at radius 1 is 0.487 bits per heavy atom. The lowest BCUT2D eigenvalue weighted by atomic mass is 9.94. The zero-order valence-electron chi connectivity index (χ0n) is 20.9. The number of halogens is 1. The Morgan fingerprint density at radius 3 is 2.03 bits per heavy atom. The summed E-state index contributed by atoms with van der Waals surface area (Å²) in [5, 5.41) is 4.72. The van der Waals surface area contributed by atoms with Crippen molar-refractivity contribution in [3.05, 3.63) is 138 Å². The fraction of sp³-hybridized carbons (Fsp3) is 0. The SMILES string of the molecule is Brc1ccccc1-c1ccccc1-c1ccc2c3ccccc3n(-c3cccc4c3oc3ccccc34)c2c1. The van der Waals surface area contributed by atoms with Gasteiger partial charge in [-0.1, -0.05) is 119 Å². The van der Waals surface area contributed by atoms with Crippen LogP contribution >= 0.6 is 15.9 Å². The molecule has 2 heterocycles. The highest BCUT2D eigenvalue weighted by Gasteiger charge is 2.18. The molecule has 184 valence electrons. The monoisotopic (exact) mass is 563 g/mol. The van der Waals surface area contributed by atoms with Crippen LogP contribution in [0.4, 0.5) is 0 Å². The lowest BCUT2D eigenvalue weighted by Gasteiger charge is -2.13. The van der Waals surface area contributed by atoms with Crippen LogP contribution < -0.4 is 0 Å². The molecule has 0 N–H and O–H groups in total. The lowest BCUT2D eigenvalue weighted by molar-refractivity contribution is 0.666. The first-order valence-electron chi connectivity index (χ1n) is 13.1. The fourth-order valence-corrected chi connectivity index (χ4v) is 6.45. The van der Waals surface area contributed by atoms with Gasteiger partial charge >= 0.3 is 0 Å². The van der Waals surface area contributed by atoms with E-state index in [4.69, 9.17) is 4.42 Å². The predicted molar refractivity (Wildman–Crippen MR) is 167 cm³/mol. The smallest absolute Gasteiger partial charge is 0.159 e. The minimum atomic E-state index is 0.903. The van der Waals surface area contributed by atoms with E-state index in [1.807, 2.05) is 12.1 Å². The molecule has 0 aliphatic heterocycles. The average Bonchev–Trinajstić information content (AvgIpc) is 3.53. The van der Waals surface area contributed by atoms with E-state index < -0.39 is 0 Å². The Labute approximate surface area is 233 Å². The van der Waals surface area contributed by atoms with Gasteiger partial charge in [0.1, 0.15) is 5.58 Å². The molecule has 0 atom stereocenters. The molecule has 39 heavy (non-hydrogen) atoms. The maximum Gasteiger partial charge on any atom is 0.159 e. The molecule has 0 aliphatic carbocycles. The molecule has 0 radical (unpaired) electrons. The second-order valence-electron chi connectivity index (χ2n) is 9.86. The molecule has 0 fully saturated rings. The Morgan fingerprint density at radius 2 is 1.15 bits per heavy atom. The van der Waals surface area contributed by atoms with Crippen LogP contribution in [0.3, 0.4) is 0 Å². The van der Waals surface area contributed by atoms with Crippen molar-refractivity contribution in [3.8, 4) is 27.9 Å². The van der Waals surface area contributed by atoms with Crippen LogP contribution in [0.1, 0.15) is 0 Å². The summed E-state index contributed by atoms with van der Waals surface area (Å²) in [6.45, 7) is 0. The summed E-state index contributed by atoms with van der Waals surface area (Å²) in [6, 6.07) is 47.2. The highest BCUT2D eigenvalue weighted by molar-refractivity contribution is 9.10. The summed E-state index contributed by atoms with van der Waals surface area (Å²) in [6.07, 6.45) is 0. The molecule has 0 unspecified atom stereocenters. The number of furan rings is 1. The summed E-state index contributed by atoms with van der Waals surface area (Å²) < 4.78 is 9.93. The molecule has 0 bridgehead atoms. The van der Waals surface area contributed by atoms with Crippen LogP contribution in [-0.2, 0) is 0 Å².